The molecule has 0 spiro atoms. The normalized spacial score (nSPS) is 9.47. The van der Waals surface area contributed by atoms with Crippen molar-refractivity contribution in [3.05, 3.63) is 36.4 Å². The number of hydrogen-bond acceptors (Lipinski definition) is 3. The zero-order chi connectivity index (χ0) is 12.8. The predicted molar refractivity (Wildman–Crippen MR) is 63.0 cm³/mol. The number of benzene rings is 1. The van der Waals surface area contributed by atoms with Crippen LogP contribution < -0.4 is 10.1 Å². The zero-order valence-corrected chi connectivity index (χ0v) is 9.40. The second-order valence-corrected chi connectivity index (χ2v) is 3.37. The van der Waals surface area contributed by atoms with Crippen molar-refractivity contribution in [3.8, 4) is 5.75 Å². The van der Waals surface area contributed by atoms with E-state index in [2.05, 4.69) is 11.9 Å². The van der Waals surface area contributed by atoms with Crippen LogP contribution in [-0.2, 0) is 9.59 Å². The van der Waals surface area contributed by atoms with Crippen molar-refractivity contribution in [1.82, 2.24) is 0 Å². The van der Waals surface area contributed by atoms with Crippen LogP contribution in [0.3, 0.4) is 0 Å². The fraction of sp³-hybridized carbons (Fsp3) is 0.167. The molecule has 1 aromatic rings. The summed E-state index contributed by atoms with van der Waals surface area (Å²) < 4.78 is 4.99. The number of carboxylic acids is 1. The number of carbonyl (C=O) groups excluding carboxylic acids is 1. The highest BCUT2D eigenvalue weighted by molar-refractivity contribution is 5.99. The molecule has 17 heavy (non-hydrogen) atoms. The molecule has 0 aromatic heterocycles. The van der Waals surface area contributed by atoms with E-state index in [1.807, 2.05) is 0 Å². The molecule has 0 bridgehead atoms. The summed E-state index contributed by atoms with van der Waals surface area (Å²) >= 11 is 0. The molecule has 1 rings (SSSR count). The second-order valence-electron chi connectivity index (χ2n) is 3.37. The molecule has 0 saturated heterocycles. The number of ether oxygens (including phenoxy) is 1. The Morgan fingerprint density at radius 3 is 2.76 bits per heavy atom. The van der Waals surface area contributed by atoms with Crippen LogP contribution in [0.15, 0.2) is 36.4 Å². The molecule has 90 valence electrons. The minimum Gasteiger partial charge on any atom is -0.497 e. The minimum absolute atomic E-state index is 0.148. The van der Waals surface area contributed by atoms with Gasteiger partial charge in [0.1, 0.15) is 5.75 Å². The largest absolute Gasteiger partial charge is 0.497 e. The van der Waals surface area contributed by atoms with Gasteiger partial charge in [-0.3, -0.25) is 4.79 Å². The molecule has 0 aliphatic rings. The molecular formula is C12H13NO4. The first-order valence-corrected chi connectivity index (χ1v) is 4.88. The van der Waals surface area contributed by atoms with Gasteiger partial charge < -0.3 is 15.2 Å². The maximum atomic E-state index is 11.5. The highest BCUT2D eigenvalue weighted by Gasteiger charge is 2.10. The van der Waals surface area contributed by atoms with Crippen molar-refractivity contribution in [2.24, 2.45) is 0 Å². The molecule has 0 atom stereocenters. The maximum absolute atomic E-state index is 11.5. The standard InChI is InChI=1S/C12H13NO4/c1-8(12(15)16)6-11(14)13-9-4-3-5-10(7-9)17-2/h3-5,7H,1,6H2,2H3,(H,13,14)(H,15,16). The molecule has 0 heterocycles. The average Bonchev–Trinajstić information content (AvgIpc) is 2.28. The Labute approximate surface area is 98.7 Å². The molecule has 0 unspecified atom stereocenters. The van der Waals surface area contributed by atoms with Gasteiger partial charge in [-0.25, -0.2) is 4.79 Å². The van der Waals surface area contributed by atoms with Crippen LogP contribution in [0, 0.1) is 0 Å². The number of rotatable bonds is 5. The number of amides is 1. The van der Waals surface area contributed by atoms with Crippen molar-refractivity contribution < 1.29 is 19.4 Å². The third-order valence-electron chi connectivity index (χ3n) is 2.03. The third kappa shape index (κ3) is 3.98. The molecule has 0 aliphatic carbocycles. The second kappa shape index (κ2) is 5.69. The Morgan fingerprint density at radius 2 is 2.18 bits per heavy atom. The SMILES string of the molecule is C=C(CC(=O)Nc1cccc(OC)c1)C(=O)O. The number of carbonyl (C=O) groups is 2. The summed E-state index contributed by atoms with van der Waals surface area (Å²) in [6.45, 7) is 3.28. The van der Waals surface area contributed by atoms with E-state index >= 15 is 0 Å². The summed E-state index contributed by atoms with van der Waals surface area (Å²) in [5.41, 5.74) is 0.401. The highest BCUT2D eigenvalue weighted by Crippen LogP contribution is 2.17. The van der Waals surface area contributed by atoms with Crippen molar-refractivity contribution in [2.75, 3.05) is 12.4 Å². The van der Waals surface area contributed by atoms with Crippen molar-refractivity contribution in [1.29, 1.82) is 0 Å². The predicted octanol–water partition coefficient (Wildman–Crippen LogP) is 1.66. The van der Waals surface area contributed by atoms with Gasteiger partial charge in [-0.1, -0.05) is 12.6 Å². The smallest absolute Gasteiger partial charge is 0.331 e. The first-order chi connectivity index (χ1) is 8.02. The van der Waals surface area contributed by atoms with Gasteiger partial charge in [0.2, 0.25) is 5.91 Å². The van der Waals surface area contributed by atoms with Gasteiger partial charge in [-0.15, -0.1) is 0 Å². The number of anilines is 1. The van der Waals surface area contributed by atoms with Crippen LogP contribution >= 0.6 is 0 Å². The number of aliphatic carboxylic acids is 1. The number of carboxylic acid groups (broad SMARTS) is 1. The van der Waals surface area contributed by atoms with Gasteiger partial charge in [0, 0.05) is 17.3 Å². The van der Waals surface area contributed by atoms with E-state index in [4.69, 9.17) is 9.84 Å². The summed E-state index contributed by atoms with van der Waals surface area (Å²) in [6.07, 6.45) is -0.244. The highest BCUT2D eigenvalue weighted by atomic mass is 16.5. The minimum atomic E-state index is -1.18. The number of methoxy groups -OCH3 is 1. The molecule has 0 saturated carbocycles. The van der Waals surface area contributed by atoms with E-state index in [0.717, 1.165) is 0 Å². The molecule has 5 nitrogen and oxygen atoms in total. The van der Waals surface area contributed by atoms with Gasteiger partial charge in [0.05, 0.1) is 13.5 Å². The number of hydrogen-bond donors (Lipinski definition) is 2. The van der Waals surface area contributed by atoms with E-state index < -0.39 is 11.9 Å². The average molecular weight is 235 g/mol. The Morgan fingerprint density at radius 1 is 1.47 bits per heavy atom. The monoisotopic (exact) mass is 235 g/mol. The summed E-state index contributed by atoms with van der Waals surface area (Å²) in [6, 6.07) is 6.79. The van der Waals surface area contributed by atoms with Crippen molar-refractivity contribution in [2.45, 2.75) is 6.42 Å². The van der Waals surface area contributed by atoms with Crippen LogP contribution in [0.5, 0.6) is 5.75 Å². The van der Waals surface area contributed by atoms with Crippen LogP contribution in [0.2, 0.25) is 0 Å². The lowest BCUT2D eigenvalue weighted by atomic mass is 10.2. The topological polar surface area (TPSA) is 75.6 Å². The van der Waals surface area contributed by atoms with Crippen LogP contribution in [0.25, 0.3) is 0 Å². The lowest BCUT2D eigenvalue weighted by molar-refractivity contribution is -0.133. The van der Waals surface area contributed by atoms with Crippen LogP contribution in [0.1, 0.15) is 6.42 Å². The number of nitrogens with one attached hydrogen (secondary N) is 1. The van der Waals surface area contributed by atoms with Crippen LogP contribution in [0.4, 0.5) is 5.69 Å². The zero-order valence-electron chi connectivity index (χ0n) is 9.40. The molecule has 2 N–H and O–H groups in total. The van der Waals surface area contributed by atoms with E-state index in [0.29, 0.717) is 11.4 Å². The Hall–Kier alpha value is -2.30. The van der Waals surface area contributed by atoms with E-state index in [1.54, 1.807) is 24.3 Å². The van der Waals surface area contributed by atoms with Crippen LogP contribution in [-0.4, -0.2) is 24.1 Å². The Kier molecular flexibility index (Phi) is 4.28. The molecule has 0 fully saturated rings. The van der Waals surface area contributed by atoms with Crippen molar-refractivity contribution >= 4 is 17.6 Å². The molecule has 5 heteroatoms. The first-order valence-electron chi connectivity index (χ1n) is 4.88. The van der Waals surface area contributed by atoms with Gasteiger partial charge in [-0.05, 0) is 12.1 Å². The summed E-state index contributed by atoms with van der Waals surface area (Å²) in [7, 11) is 1.52. The molecule has 1 aromatic carbocycles. The third-order valence-corrected chi connectivity index (χ3v) is 2.03. The summed E-state index contributed by atoms with van der Waals surface area (Å²) in [5.74, 6) is -0.990. The molecule has 1 amide bonds. The lowest BCUT2D eigenvalue weighted by Gasteiger charge is -2.06. The van der Waals surface area contributed by atoms with Crippen molar-refractivity contribution in [3.63, 3.8) is 0 Å². The summed E-state index contributed by atoms with van der Waals surface area (Å²) in [5, 5.41) is 11.1. The fourth-order valence-corrected chi connectivity index (χ4v) is 1.18. The van der Waals surface area contributed by atoms with E-state index in [-0.39, 0.29) is 12.0 Å². The lowest BCUT2D eigenvalue weighted by Crippen LogP contribution is -2.14. The fourth-order valence-electron chi connectivity index (χ4n) is 1.18. The van der Waals surface area contributed by atoms with Gasteiger partial charge in [0.25, 0.3) is 0 Å². The van der Waals surface area contributed by atoms with E-state index in [9.17, 15) is 9.59 Å². The molecule has 0 radical (unpaired) electrons. The first kappa shape index (κ1) is 12.8. The van der Waals surface area contributed by atoms with Gasteiger partial charge in [0.15, 0.2) is 0 Å². The molecular weight excluding hydrogens is 222 g/mol. The van der Waals surface area contributed by atoms with E-state index in [1.165, 1.54) is 7.11 Å². The van der Waals surface area contributed by atoms with Gasteiger partial charge >= 0.3 is 5.97 Å². The van der Waals surface area contributed by atoms with Gasteiger partial charge in [-0.2, -0.15) is 0 Å². The maximum Gasteiger partial charge on any atom is 0.331 e. The Balaban J connectivity index is 2.61. The molecule has 0 aliphatic heterocycles. The summed E-state index contributed by atoms with van der Waals surface area (Å²) in [4.78, 5) is 21.9. The Bertz CT molecular complexity index is 454. The quantitative estimate of drug-likeness (QED) is 0.761.